The standard InChI is InChI=1S/C12H14FNO/c13-10-5-4-6-11(9-10)14-8-3-1-2-7-12(14)15/h4-6,9H,1-3,7-8H2. The van der Waals surface area contributed by atoms with Crippen molar-refractivity contribution < 1.29 is 9.18 Å². The van der Waals surface area contributed by atoms with Gasteiger partial charge in [-0.05, 0) is 31.0 Å². The Labute approximate surface area is 88.7 Å². The number of hydrogen-bond donors (Lipinski definition) is 0. The molecule has 0 atom stereocenters. The van der Waals surface area contributed by atoms with Gasteiger partial charge in [0.2, 0.25) is 5.91 Å². The van der Waals surface area contributed by atoms with Crippen molar-refractivity contribution in [3.8, 4) is 0 Å². The summed E-state index contributed by atoms with van der Waals surface area (Å²) < 4.78 is 13.0. The lowest BCUT2D eigenvalue weighted by atomic mass is 10.2. The summed E-state index contributed by atoms with van der Waals surface area (Å²) in [6, 6.07) is 6.24. The van der Waals surface area contributed by atoms with Crippen molar-refractivity contribution >= 4 is 11.6 Å². The second-order valence-corrected chi connectivity index (χ2v) is 3.84. The van der Waals surface area contributed by atoms with Crippen LogP contribution in [-0.4, -0.2) is 12.5 Å². The summed E-state index contributed by atoms with van der Waals surface area (Å²) in [7, 11) is 0. The van der Waals surface area contributed by atoms with Gasteiger partial charge < -0.3 is 4.90 Å². The monoisotopic (exact) mass is 207 g/mol. The summed E-state index contributed by atoms with van der Waals surface area (Å²) in [6.45, 7) is 0.711. The van der Waals surface area contributed by atoms with Gasteiger partial charge in [-0.3, -0.25) is 4.79 Å². The van der Waals surface area contributed by atoms with E-state index >= 15 is 0 Å². The van der Waals surface area contributed by atoms with Crippen LogP contribution in [0.5, 0.6) is 0 Å². The van der Waals surface area contributed by atoms with E-state index in [-0.39, 0.29) is 11.7 Å². The van der Waals surface area contributed by atoms with Gasteiger partial charge in [-0.2, -0.15) is 0 Å². The highest BCUT2D eigenvalue weighted by molar-refractivity contribution is 5.93. The van der Waals surface area contributed by atoms with Gasteiger partial charge in [0.15, 0.2) is 0 Å². The smallest absolute Gasteiger partial charge is 0.226 e. The van der Waals surface area contributed by atoms with E-state index in [0.29, 0.717) is 18.7 Å². The number of anilines is 1. The third-order valence-corrected chi connectivity index (χ3v) is 2.69. The van der Waals surface area contributed by atoms with Gasteiger partial charge in [-0.15, -0.1) is 0 Å². The fraction of sp³-hybridized carbons (Fsp3) is 0.417. The highest BCUT2D eigenvalue weighted by atomic mass is 19.1. The number of carbonyl (C=O) groups is 1. The van der Waals surface area contributed by atoms with Crippen LogP contribution in [0, 0.1) is 5.82 Å². The number of amides is 1. The third kappa shape index (κ3) is 2.35. The number of rotatable bonds is 1. The number of hydrogen-bond acceptors (Lipinski definition) is 1. The molecule has 1 heterocycles. The van der Waals surface area contributed by atoms with Crippen molar-refractivity contribution in [2.24, 2.45) is 0 Å². The molecule has 1 aromatic rings. The highest BCUT2D eigenvalue weighted by Gasteiger charge is 2.18. The van der Waals surface area contributed by atoms with Gasteiger partial charge in [-0.25, -0.2) is 4.39 Å². The normalized spacial score (nSPS) is 17.7. The fourth-order valence-corrected chi connectivity index (χ4v) is 1.90. The largest absolute Gasteiger partial charge is 0.312 e. The SMILES string of the molecule is O=C1CCCCCN1c1cccc(F)c1. The Kier molecular flexibility index (Phi) is 2.99. The van der Waals surface area contributed by atoms with Crippen molar-refractivity contribution in [2.45, 2.75) is 25.7 Å². The molecule has 1 aromatic carbocycles. The quantitative estimate of drug-likeness (QED) is 0.693. The van der Waals surface area contributed by atoms with E-state index in [0.717, 1.165) is 19.3 Å². The topological polar surface area (TPSA) is 20.3 Å². The molecule has 1 aliphatic heterocycles. The summed E-state index contributed by atoms with van der Waals surface area (Å²) in [5, 5.41) is 0. The molecule has 1 saturated heterocycles. The van der Waals surface area contributed by atoms with Crippen molar-refractivity contribution in [1.82, 2.24) is 0 Å². The van der Waals surface area contributed by atoms with Gasteiger partial charge in [-0.1, -0.05) is 12.5 Å². The predicted octanol–water partition coefficient (Wildman–Crippen LogP) is 2.73. The predicted molar refractivity (Wildman–Crippen MR) is 57.2 cm³/mol. The van der Waals surface area contributed by atoms with Crippen LogP contribution < -0.4 is 4.90 Å². The average molecular weight is 207 g/mol. The van der Waals surface area contributed by atoms with E-state index in [1.807, 2.05) is 0 Å². The first kappa shape index (κ1) is 10.1. The molecule has 0 saturated carbocycles. The van der Waals surface area contributed by atoms with Crippen molar-refractivity contribution in [1.29, 1.82) is 0 Å². The van der Waals surface area contributed by atoms with Crippen LogP contribution in [0.25, 0.3) is 0 Å². The third-order valence-electron chi connectivity index (χ3n) is 2.69. The Balaban J connectivity index is 2.24. The number of halogens is 1. The van der Waals surface area contributed by atoms with Crippen molar-refractivity contribution in [2.75, 3.05) is 11.4 Å². The molecular formula is C12H14FNO. The molecule has 0 radical (unpaired) electrons. The zero-order valence-electron chi connectivity index (χ0n) is 8.58. The number of benzene rings is 1. The van der Waals surface area contributed by atoms with Crippen LogP contribution in [0.3, 0.4) is 0 Å². The van der Waals surface area contributed by atoms with E-state index in [1.165, 1.54) is 12.1 Å². The highest BCUT2D eigenvalue weighted by Crippen LogP contribution is 2.20. The Morgan fingerprint density at radius 2 is 2.07 bits per heavy atom. The maximum Gasteiger partial charge on any atom is 0.226 e. The van der Waals surface area contributed by atoms with Gasteiger partial charge in [0.25, 0.3) is 0 Å². The van der Waals surface area contributed by atoms with E-state index < -0.39 is 0 Å². The molecule has 80 valence electrons. The molecule has 1 fully saturated rings. The van der Waals surface area contributed by atoms with Crippen LogP contribution in [-0.2, 0) is 4.79 Å². The first-order chi connectivity index (χ1) is 7.27. The molecule has 0 spiro atoms. The van der Waals surface area contributed by atoms with Gasteiger partial charge in [0, 0.05) is 18.7 Å². The first-order valence-electron chi connectivity index (χ1n) is 5.33. The zero-order chi connectivity index (χ0) is 10.7. The minimum atomic E-state index is -0.287. The first-order valence-corrected chi connectivity index (χ1v) is 5.33. The molecule has 0 bridgehead atoms. The number of carbonyl (C=O) groups excluding carboxylic acids is 1. The zero-order valence-corrected chi connectivity index (χ0v) is 8.58. The molecule has 3 heteroatoms. The van der Waals surface area contributed by atoms with Crippen molar-refractivity contribution in [3.63, 3.8) is 0 Å². The molecule has 15 heavy (non-hydrogen) atoms. The summed E-state index contributed by atoms with van der Waals surface area (Å²) in [5.41, 5.74) is 0.682. The van der Waals surface area contributed by atoms with Crippen LogP contribution in [0.1, 0.15) is 25.7 Å². The lowest BCUT2D eigenvalue weighted by Gasteiger charge is -2.20. The van der Waals surface area contributed by atoms with E-state index in [4.69, 9.17) is 0 Å². The van der Waals surface area contributed by atoms with Gasteiger partial charge >= 0.3 is 0 Å². The second-order valence-electron chi connectivity index (χ2n) is 3.84. The molecule has 0 unspecified atom stereocenters. The van der Waals surface area contributed by atoms with Crippen LogP contribution in [0.4, 0.5) is 10.1 Å². The molecule has 0 aromatic heterocycles. The van der Waals surface area contributed by atoms with E-state index in [2.05, 4.69) is 0 Å². The molecular weight excluding hydrogens is 193 g/mol. The summed E-state index contributed by atoms with van der Waals surface area (Å²) in [5.74, 6) is -0.178. The number of nitrogens with zero attached hydrogens (tertiary/aromatic N) is 1. The lowest BCUT2D eigenvalue weighted by molar-refractivity contribution is -0.118. The molecule has 1 aliphatic rings. The summed E-state index contributed by atoms with van der Waals surface area (Å²) in [6.07, 6.45) is 3.61. The molecule has 1 amide bonds. The van der Waals surface area contributed by atoms with Crippen LogP contribution >= 0.6 is 0 Å². The van der Waals surface area contributed by atoms with Crippen LogP contribution in [0.15, 0.2) is 24.3 Å². The Hall–Kier alpha value is -1.38. The van der Waals surface area contributed by atoms with E-state index in [1.54, 1.807) is 17.0 Å². The van der Waals surface area contributed by atoms with E-state index in [9.17, 15) is 9.18 Å². The maximum absolute atomic E-state index is 13.0. The van der Waals surface area contributed by atoms with Gasteiger partial charge in [0.1, 0.15) is 5.82 Å². The Bertz CT molecular complexity index is 364. The van der Waals surface area contributed by atoms with Crippen LogP contribution in [0.2, 0.25) is 0 Å². The lowest BCUT2D eigenvalue weighted by Crippen LogP contribution is -2.29. The Morgan fingerprint density at radius 3 is 2.87 bits per heavy atom. The second kappa shape index (κ2) is 4.43. The van der Waals surface area contributed by atoms with Gasteiger partial charge in [0.05, 0.1) is 0 Å². The fourth-order valence-electron chi connectivity index (χ4n) is 1.90. The summed E-state index contributed by atoms with van der Waals surface area (Å²) in [4.78, 5) is 13.4. The minimum Gasteiger partial charge on any atom is -0.312 e. The minimum absolute atomic E-state index is 0.109. The maximum atomic E-state index is 13.0. The summed E-state index contributed by atoms with van der Waals surface area (Å²) >= 11 is 0. The average Bonchev–Trinajstić information content (AvgIpc) is 2.43. The molecule has 0 N–H and O–H groups in total. The molecule has 2 rings (SSSR count). The Morgan fingerprint density at radius 1 is 1.20 bits per heavy atom. The van der Waals surface area contributed by atoms with Crippen molar-refractivity contribution in [3.05, 3.63) is 30.1 Å². The molecule has 0 aliphatic carbocycles. The molecule has 2 nitrogen and oxygen atoms in total.